The van der Waals surface area contributed by atoms with Crippen LogP contribution in [0.15, 0.2) is 53.4 Å². The van der Waals surface area contributed by atoms with E-state index in [1.54, 1.807) is 18.2 Å². The van der Waals surface area contributed by atoms with Gasteiger partial charge in [0, 0.05) is 25.3 Å². The van der Waals surface area contributed by atoms with Crippen LogP contribution in [0.5, 0.6) is 0 Å². The molecule has 2 aromatic rings. The molecule has 174 valence electrons. The molecular weight excluding hydrogens is 424 g/mol. The molecule has 0 spiro atoms. The van der Waals surface area contributed by atoms with Crippen molar-refractivity contribution in [2.45, 2.75) is 62.9 Å². The van der Waals surface area contributed by atoms with Gasteiger partial charge in [0.05, 0.1) is 10.6 Å². The number of amides is 2. The van der Waals surface area contributed by atoms with Crippen LogP contribution in [0.4, 0.5) is 16.2 Å². The van der Waals surface area contributed by atoms with Gasteiger partial charge in [0.15, 0.2) is 0 Å². The highest BCUT2D eigenvalue weighted by atomic mass is 32.2. The van der Waals surface area contributed by atoms with Crippen LogP contribution < -0.4 is 20.7 Å². The summed E-state index contributed by atoms with van der Waals surface area (Å²) in [6.07, 6.45) is 7.81. The first-order valence-electron chi connectivity index (χ1n) is 11.2. The molecule has 1 unspecified atom stereocenters. The van der Waals surface area contributed by atoms with E-state index in [9.17, 15) is 13.2 Å². The Morgan fingerprint density at radius 1 is 1.09 bits per heavy atom. The molecule has 0 radical (unpaired) electrons. The van der Waals surface area contributed by atoms with Crippen LogP contribution in [0.1, 0.15) is 51.0 Å². The lowest BCUT2D eigenvalue weighted by molar-refractivity contribution is 0.255. The molecule has 1 aliphatic carbocycles. The van der Waals surface area contributed by atoms with Crippen LogP contribution in [0.3, 0.4) is 0 Å². The highest BCUT2D eigenvalue weighted by Crippen LogP contribution is 2.28. The van der Waals surface area contributed by atoms with E-state index < -0.39 is 16.1 Å². The Morgan fingerprint density at radius 3 is 2.41 bits per heavy atom. The Kier molecular flexibility index (Phi) is 8.15. The van der Waals surface area contributed by atoms with E-state index in [1.165, 1.54) is 56.2 Å². The monoisotopic (exact) mass is 458 g/mol. The van der Waals surface area contributed by atoms with Crippen molar-refractivity contribution in [3.8, 4) is 0 Å². The minimum absolute atomic E-state index is 0.118. The number of nitrogens with two attached hydrogens (primary N) is 1. The lowest BCUT2D eigenvalue weighted by atomic mass is 9.85. The second kappa shape index (κ2) is 10.8. The standard InChI is InChI=1S/C24H34N4O3S/c1-18(16-19-8-4-3-5-9-19)26-17-20-10-6-7-11-23(20)27-32(30,31)22-14-12-21(13-15-22)28(2)24(25)29/h6-7,10-15,18-19,26-27H,3-5,8-9,16-17H2,1-2H3,(H2,25,29). The van der Waals surface area contributed by atoms with Gasteiger partial charge < -0.3 is 11.1 Å². The van der Waals surface area contributed by atoms with Crippen LogP contribution >= 0.6 is 0 Å². The largest absolute Gasteiger partial charge is 0.351 e. The van der Waals surface area contributed by atoms with Gasteiger partial charge in [-0.25, -0.2) is 13.2 Å². The number of urea groups is 1. The molecule has 0 bridgehead atoms. The number of anilines is 2. The number of primary amides is 1. The van der Waals surface area contributed by atoms with Gasteiger partial charge in [0.1, 0.15) is 0 Å². The summed E-state index contributed by atoms with van der Waals surface area (Å²) in [7, 11) is -2.24. The third-order valence-corrected chi connectivity index (χ3v) is 7.56. The summed E-state index contributed by atoms with van der Waals surface area (Å²) >= 11 is 0. The zero-order valence-electron chi connectivity index (χ0n) is 18.9. The van der Waals surface area contributed by atoms with E-state index in [2.05, 4.69) is 17.0 Å². The minimum Gasteiger partial charge on any atom is -0.351 e. The number of carbonyl (C=O) groups excluding carboxylic acids is 1. The SMILES string of the molecule is CC(CC1CCCCC1)NCc1ccccc1NS(=O)(=O)c1ccc(N(C)C(N)=O)cc1. The van der Waals surface area contributed by atoms with Gasteiger partial charge in [-0.15, -0.1) is 0 Å². The Morgan fingerprint density at radius 2 is 1.75 bits per heavy atom. The fraction of sp³-hybridized carbons (Fsp3) is 0.458. The van der Waals surface area contributed by atoms with Crippen molar-refractivity contribution in [2.75, 3.05) is 16.7 Å². The molecule has 0 aliphatic heterocycles. The van der Waals surface area contributed by atoms with Crippen molar-refractivity contribution in [3.63, 3.8) is 0 Å². The molecule has 32 heavy (non-hydrogen) atoms. The molecule has 0 saturated heterocycles. The van der Waals surface area contributed by atoms with E-state index >= 15 is 0 Å². The van der Waals surface area contributed by atoms with E-state index in [0.717, 1.165) is 17.9 Å². The predicted octanol–water partition coefficient (Wildman–Crippen LogP) is 4.45. The molecule has 3 rings (SSSR count). The molecule has 1 atom stereocenters. The number of rotatable bonds is 9. The predicted molar refractivity (Wildman–Crippen MR) is 129 cm³/mol. The van der Waals surface area contributed by atoms with Gasteiger partial charge in [-0.05, 0) is 55.2 Å². The van der Waals surface area contributed by atoms with Crippen molar-refractivity contribution >= 4 is 27.4 Å². The molecule has 4 N–H and O–H groups in total. The minimum atomic E-state index is -3.77. The van der Waals surface area contributed by atoms with Gasteiger partial charge in [-0.2, -0.15) is 0 Å². The summed E-state index contributed by atoms with van der Waals surface area (Å²) < 4.78 is 28.6. The maximum atomic E-state index is 12.9. The molecule has 2 amide bonds. The third kappa shape index (κ3) is 6.46. The number of para-hydroxylation sites is 1. The van der Waals surface area contributed by atoms with E-state index in [4.69, 9.17) is 5.73 Å². The Balaban J connectivity index is 1.65. The molecular formula is C24H34N4O3S. The van der Waals surface area contributed by atoms with Crippen molar-refractivity contribution in [2.24, 2.45) is 11.7 Å². The fourth-order valence-electron chi connectivity index (χ4n) is 4.24. The topological polar surface area (TPSA) is 105 Å². The molecule has 1 saturated carbocycles. The Hall–Kier alpha value is -2.58. The smallest absolute Gasteiger partial charge is 0.318 e. The number of nitrogens with zero attached hydrogens (tertiary/aromatic N) is 1. The second-order valence-electron chi connectivity index (χ2n) is 8.68. The van der Waals surface area contributed by atoms with Crippen molar-refractivity contribution in [3.05, 3.63) is 54.1 Å². The first-order valence-corrected chi connectivity index (χ1v) is 12.7. The fourth-order valence-corrected chi connectivity index (χ4v) is 5.35. The van der Waals surface area contributed by atoms with Crippen LogP contribution in [0.2, 0.25) is 0 Å². The summed E-state index contributed by atoms with van der Waals surface area (Å²) in [5, 5.41) is 3.56. The van der Waals surface area contributed by atoms with Gasteiger partial charge in [0.2, 0.25) is 0 Å². The molecule has 8 heteroatoms. The first kappa shape index (κ1) is 24.1. The van der Waals surface area contributed by atoms with Crippen molar-refractivity contribution in [1.82, 2.24) is 5.32 Å². The number of sulfonamides is 1. The van der Waals surface area contributed by atoms with Gasteiger partial charge in [-0.3, -0.25) is 9.62 Å². The van der Waals surface area contributed by atoms with Crippen LogP contribution in [-0.2, 0) is 16.6 Å². The molecule has 0 aromatic heterocycles. The maximum absolute atomic E-state index is 12.9. The van der Waals surface area contributed by atoms with Crippen molar-refractivity contribution in [1.29, 1.82) is 0 Å². The lowest BCUT2D eigenvalue weighted by Gasteiger charge is -2.25. The van der Waals surface area contributed by atoms with Crippen LogP contribution in [0, 0.1) is 5.92 Å². The summed E-state index contributed by atoms with van der Waals surface area (Å²) in [6, 6.07) is 13.2. The number of nitrogens with one attached hydrogen (secondary N) is 2. The zero-order chi connectivity index (χ0) is 23.1. The maximum Gasteiger partial charge on any atom is 0.318 e. The quantitative estimate of drug-likeness (QED) is 0.516. The van der Waals surface area contributed by atoms with Gasteiger partial charge in [0.25, 0.3) is 10.0 Å². The summed E-state index contributed by atoms with van der Waals surface area (Å²) in [5.41, 5.74) is 7.24. The highest BCUT2D eigenvalue weighted by Gasteiger charge is 2.19. The van der Waals surface area contributed by atoms with E-state index in [-0.39, 0.29) is 4.90 Å². The number of hydrogen-bond acceptors (Lipinski definition) is 4. The summed E-state index contributed by atoms with van der Waals surface area (Å²) in [5.74, 6) is 0.788. The van der Waals surface area contributed by atoms with Gasteiger partial charge >= 0.3 is 6.03 Å². The third-order valence-electron chi connectivity index (χ3n) is 6.18. The van der Waals surface area contributed by atoms with Crippen LogP contribution in [0.25, 0.3) is 0 Å². The molecule has 1 fully saturated rings. The molecule has 0 heterocycles. The normalized spacial score (nSPS) is 15.8. The first-order chi connectivity index (χ1) is 15.3. The second-order valence-corrected chi connectivity index (χ2v) is 10.4. The van der Waals surface area contributed by atoms with Crippen molar-refractivity contribution < 1.29 is 13.2 Å². The molecule has 2 aromatic carbocycles. The van der Waals surface area contributed by atoms with E-state index in [1.807, 2.05) is 18.2 Å². The van der Waals surface area contributed by atoms with Gasteiger partial charge in [-0.1, -0.05) is 50.3 Å². The summed E-state index contributed by atoms with van der Waals surface area (Å²) in [4.78, 5) is 12.7. The number of hydrogen-bond donors (Lipinski definition) is 3. The lowest BCUT2D eigenvalue weighted by Crippen LogP contribution is -2.31. The van der Waals surface area contributed by atoms with E-state index in [0.29, 0.717) is 24.0 Å². The van der Waals surface area contributed by atoms with Crippen LogP contribution in [-0.4, -0.2) is 27.5 Å². The number of carbonyl (C=O) groups is 1. The number of benzene rings is 2. The molecule has 7 nitrogen and oxygen atoms in total. The Bertz CT molecular complexity index is 1000. The average molecular weight is 459 g/mol. The Labute approximate surface area is 191 Å². The zero-order valence-corrected chi connectivity index (χ0v) is 19.7. The summed E-state index contributed by atoms with van der Waals surface area (Å²) in [6.45, 7) is 2.79. The average Bonchev–Trinajstić information content (AvgIpc) is 2.78. The highest BCUT2D eigenvalue weighted by molar-refractivity contribution is 7.92. The molecule has 1 aliphatic rings.